The van der Waals surface area contributed by atoms with Gasteiger partial charge in [-0.3, -0.25) is 18.9 Å². The SMILES string of the molecule is CC(=O)c1ccc(C(=O)c2ccc(Oc3ccc(C(=O)c4ccc(Oc5ccc(C)cc5)cc4)cc3)cc2)cc1.CS(=O)(=O)O. The number of Topliss-reactive ketones (excluding diaryl/α,β-unsaturated/α-hetero) is 1. The fourth-order valence-electron chi connectivity index (χ4n) is 4.09. The zero-order chi connectivity index (χ0) is 32.6. The molecule has 0 aliphatic carbocycles. The average Bonchev–Trinajstić information content (AvgIpc) is 3.02. The maximum Gasteiger partial charge on any atom is 0.261 e. The van der Waals surface area contributed by atoms with E-state index >= 15 is 0 Å². The molecule has 228 valence electrons. The highest BCUT2D eigenvalue weighted by Gasteiger charge is 2.12. The number of rotatable bonds is 9. The quantitative estimate of drug-likeness (QED) is 0.131. The molecule has 0 fully saturated rings. The average molecular weight is 623 g/mol. The number of ether oxygens (including phenoxy) is 2. The van der Waals surface area contributed by atoms with Crippen molar-refractivity contribution in [1.82, 2.24) is 0 Å². The molecule has 0 spiro atoms. The number of carbonyl (C=O) groups excluding carboxylic acids is 3. The van der Waals surface area contributed by atoms with E-state index in [9.17, 15) is 22.8 Å². The minimum atomic E-state index is -3.67. The number of hydrogen-bond donors (Lipinski definition) is 1. The van der Waals surface area contributed by atoms with Gasteiger partial charge < -0.3 is 9.47 Å². The summed E-state index contributed by atoms with van der Waals surface area (Å²) in [6, 6.07) is 35.2. The Morgan fingerprint density at radius 3 is 0.978 bits per heavy atom. The molecule has 0 aromatic heterocycles. The summed E-state index contributed by atoms with van der Waals surface area (Å²) < 4.78 is 37.6. The maximum absolute atomic E-state index is 13.0. The van der Waals surface area contributed by atoms with Crippen molar-refractivity contribution in [3.63, 3.8) is 0 Å². The van der Waals surface area contributed by atoms with Crippen molar-refractivity contribution < 1.29 is 36.8 Å². The summed E-state index contributed by atoms with van der Waals surface area (Å²) in [6.45, 7) is 3.51. The fraction of sp³-hybridized carbons (Fsp3) is 0.0833. The van der Waals surface area contributed by atoms with Crippen molar-refractivity contribution >= 4 is 27.5 Å². The smallest absolute Gasteiger partial charge is 0.261 e. The maximum atomic E-state index is 13.0. The molecule has 5 aromatic rings. The lowest BCUT2D eigenvalue weighted by molar-refractivity contribution is 0.101. The van der Waals surface area contributed by atoms with Crippen molar-refractivity contribution in [2.24, 2.45) is 0 Å². The van der Waals surface area contributed by atoms with E-state index in [0.717, 1.165) is 11.3 Å². The Kier molecular flexibility index (Phi) is 10.4. The molecule has 0 unspecified atom stereocenters. The first-order chi connectivity index (χ1) is 21.4. The molecule has 0 amide bonds. The van der Waals surface area contributed by atoms with E-state index in [2.05, 4.69) is 0 Å². The van der Waals surface area contributed by atoms with Gasteiger partial charge in [-0.25, -0.2) is 0 Å². The number of carbonyl (C=O) groups is 3. The summed E-state index contributed by atoms with van der Waals surface area (Å²) in [6.07, 6.45) is 0.715. The molecule has 1 N–H and O–H groups in total. The second kappa shape index (κ2) is 14.4. The Labute approximate surface area is 261 Å². The van der Waals surface area contributed by atoms with Crippen LogP contribution in [0.2, 0.25) is 0 Å². The van der Waals surface area contributed by atoms with Crippen LogP contribution in [0.4, 0.5) is 0 Å². The van der Waals surface area contributed by atoms with Gasteiger partial charge in [-0.2, -0.15) is 8.42 Å². The molecule has 0 atom stereocenters. The van der Waals surface area contributed by atoms with Gasteiger partial charge in [-0.05, 0) is 98.8 Å². The zero-order valence-corrected chi connectivity index (χ0v) is 25.6. The molecule has 0 saturated carbocycles. The van der Waals surface area contributed by atoms with E-state index in [1.165, 1.54) is 6.92 Å². The van der Waals surface area contributed by atoms with Crippen LogP contribution in [0.1, 0.15) is 54.7 Å². The molecule has 8 nitrogen and oxygen atoms in total. The van der Waals surface area contributed by atoms with E-state index in [1.54, 1.807) is 97.1 Å². The molecule has 0 radical (unpaired) electrons. The largest absolute Gasteiger partial charge is 0.457 e. The van der Waals surface area contributed by atoms with E-state index < -0.39 is 10.1 Å². The highest BCUT2D eigenvalue weighted by atomic mass is 32.2. The van der Waals surface area contributed by atoms with Gasteiger partial charge in [0, 0.05) is 27.8 Å². The third kappa shape index (κ3) is 9.82. The zero-order valence-electron chi connectivity index (χ0n) is 24.8. The fourth-order valence-corrected chi connectivity index (χ4v) is 4.09. The molecular weight excluding hydrogens is 592 g/mol. The van der Waals surface area contributed by atoms with Crippen LogP contribution < -0.4 is 9.47 Å². The van der Waals surface area contributed by atoms with Gasteiger partial charge in [-0.15, -0.1) is 0 Å². The second-order valence-electron chi connectivity index (χ2n) is 10.1. The summed E-state index contributed by atoms with van der Waals surface area (Å²) in [5.41, 5.74) is 3.84. The molecule has 45 heavy (non-hydrogen) atoms. The Balaban J connectivity index is 0.000000854. The van der Waals surface area contributed by atoms with Gasteiger partial charge in [0.1, 0.15) is 23.0 Å². The first-order valence-corrected chi connectivity index (χ1v) is 15.6. The first-order valence-electron chi connectivity index (χ1n) is 13.7. The molecule has 9 heteroatoms. The summed E-state index contributed by atoms with van der Waals surface area (Å²) >= 11 is 0. The summed E-state index contributed by atoms with van der Waals surface area (Å²) in [5.74, 6) is 2.23. The molecule has 0 saturated heterocycles. The molecule has 0 aliphatic rings. The third-order valence-corrected chi connectivity index (χ3v) is 6.40. The van der Waals surface area contributed by atoms with Gasteiger partial charge in [0.25, 0.3) is 10.1 Å². The molecule has 5 aromatic carbocycles. The Bertz CT molecular complexity index is 1880. The van der Waals surface area contributed by atoms with Crippen molar-refractivity contribution in [3.8, 4) is 23.0 Å². The van der Waals surface area contributed by atoms with Crippen molar-refractivity contribution in [2.45, 2.75) is 13.8 Å². The molecule has 5 rings (SSSR count). The van der Waals surface area contributed by atoms with Gasteiger partial charge in [0.05, 0.1) is 6.26 Å². The van der Waals surface area contributed by atoms with Crippen LogP contribution in [0, 0.1) is 6.92 Å². The highest BCUT2D eigenvalue weighted by molar-refractivity contribution is 7.85. The number of ketones is 3. The minimum absolute atomic E-state index is 0.0452. The van der Waals surface area contributed by atoms with Gasteiger partial charge in [0.2, 0.25) is 0 Å². The lowest BCUT2D eigenvalue weighted by atomic mass is 10.0. The third-order valence-electron chi connectivity index (χ3n) is 6.40. The second-order valence-corrected chi connectivity index (χ2v) is 11.6. The topological polar surface area (TPSA) is 124 Å². The monoisotopic (exact) mass is 622 g/mol. The van der Waals surface area contributed by atoms with Crippen LogP contribution in [-0.2, 0) is 10.1 Å². The normalized spacial score (nSPS) is 10.7. The van der Waals surface area contributed by atoms with Crippen LogP contribution in [0.15, 0.2) is 121 Å². The summed E-state index contributed by atoms with van der Waals surface area (Å²) in [5, 5.41) is 0. The van der Waals surface area contributed by atoms with Crippen LogP contribution in [0.3, 0.4) is 0 Å². The van der Waals surface area contributed by atoms with E-state index in [1.807, 2.05) is 31.2 Å². The van der Waals surface area contributed by atoms with Crippen molar-refractivity contribution in [2.75, 3.05) is 6.26 Å². The molecule has 0 bridgehead atoms. The van der Waals surface area contributed by atoms with E-state index in [-0.39, 0.29) is 17.3 Å². The van der Waals surface area contributed by atoms with E-state index in [4.69, 9.17) is 14.0 Å². The Morgan fingerprint density at radius 2 is 0.711 bits per heavy atom. The number of aryl methyl sites for hydroxylation is 1. The van der Waals surface area contributed by atoms with Crippen molar-refractivity contribution in [3.05, 3.63) is 155 Å². The van der Waals surface area contributed by atoms with Crippen LogP contribution in [0.5, 0.6) is 23.0 Å². The predicted molar refractivity (Wildman–Crippen MR) is 171 cm³/mol. The van der Waals surface area contributed by atoms with Crippen molar-refractivity contribution in [1.29, 1.82) is 0 Å². The Morgan fingerprint density at radius 1 is 0.489 bits per heavy atom. The highest BCUT2D eigenvalue weighted by Crippen LogP contribution is 2.25. The predicted octanol–water partition coefficient (Wildman–Crippen LogP) is 7.75. The van der Waals surface area contributed by atoms with E-state index in [0.29, 0.717) is 51.3 Å². The molecular formula is C36H30O8S. The lowest BCUT2D eigenvalue weighted by Crippen LogP contribution is -2.02. The Hall–Kier alpha value is -5.38. The minimum Gasteiger partial charge on any atom is -0.457 e. The molecule has 0 heterocycles. The molecule has 0 aliphatic heterocycles. The lowest BCUT2D eigenvalue weighted by Gasteiger charge is -2.09. The number of hydrogen-bond acceptors (Lipinski definition) is 7. The summed E-state index contributed by atoms with van der Waals surface area (Å²) in [7, 11) is -3.67. The van der Waals surface area contributed by atoms with Gasteiger partial charge in [0.15, 0.2) is 17.3 Å². The summed E-state index contributed by atoms with van der Waals surface area (Å²) in [4.78, 5) is 37.2. The van der Waals surface area contributed by atoms with Crippen LogP contribution in [0.25, 0.3) is 0 Å². The van der Waals surface area contributed by atoms with Gasteiger partial charge in [-0.1, -0.05) is 42.0 Å². The van der Waals surface area contributed by atoms with Crippen LogP contribution in [-0.4, -0.2) is 36.6 Å². The standard InChI is InChI=1S/C35H26O5.CH4O3S/c1-23-3-15-30(16-4-23)39-31-17-11-28(12-18-31)35(38)29-13-21-33(22-14-29)40-32-19-9-27(10-20-32)34(37)26-7-5-25(6-8-26)24(2)36;1-5(2,3)4/h3-22H,1-2H3;1H3,(H,2,3,4). The van der Waals surface area contributed by atoms with Crippen LogP contribution >= 0.6 is 0 Å². The number of benzene rings is 5. The van der Waals surface area contributed by atoms with Gasteiger partial charge >= 0.3 is 0 Å². The first kappa shape index (κ1) is 32.5.